The SMILES string of the molecule is NCCNOC(=O)C(Oc1ccccc1)Oc1ccccc1. The molecule has 0 aromatic heterocycles. The number of hydrogen-bond acceptors (Lipinski definition) is 6. The minimum atomic E-state index is -1.23. The Morgan fingerprint density at radius 2 is 1.45 bits per heavy atom. The van der Waals surface area contributed by atoms with E-state index in [0.717, 1.165) is 0 Å². The highest BCUT2D eigenvalue weighted by atomic mass is 16.7. The van der Waals surface area contributed by atoms with Crippen LogP contribution in [0.1, 0.15) is 0 Å². The minimum absolute atomic E-state index is 0.342. The maximum absolute atomic E-state index is 12.1. The highest BCUT2D eigenvalue weighted by Crippen LogP contribution is 2.16. The molecule has 0 unspecified atom stereocenters. The van der Waals surface area contributed by atoms with Gasteiger partial charge in [0.25, 0.3) is 0 Å². The van der Waals surface area contributed by atoms with Crippen molar-refractivity contribution < 1.29 is 19.1 Å². The highest BCUT2D eigenvalue weighted by molar-refractivity contribution is 5.73. The van der Waals surface area contributed by atoms with Gasteiger partial charge in [0.2, 0.25) is 0 Å². The third kappa shape index (κ3) is 5.08. The molecule has 6 nitrogen and oxygen atoms in total. The topological polar surface area (TPSA) is 82.8 Å². The van der Waals surface area contributed by atoms with E-state index >= 15 is 0 Å². The van der Waals surface area contributed by atoms with Gasteiger partial charge in [-0.1, -0.05) is 36.4 Å². The molecule has 22 heavy (non-hydrogen) atoms. The molecule has 3 N–H and O–H groups in total. The molecule has 0 bridgehead atoms. The third-order valence-corrected chi connectivity index (χ3v) is 2.58. The second-order valence-electron chi connectivity index (χ2n) is 4.30. The summed E-state index contributed by atoms with van der Waals surface area (Å²) in [6.07, 6.45) is -1.23. The number of carbonyl (C=O) groups is 1. The summed E-state index contributed by atoms with van der Waals surface area (Å²) in [6, 6.07) is 17.8. The van der Waals surface area contributed by atoms with Gasteiger partial charge in [0.05, 0.1) is 0 Å². The van der Waals surface area contributed by atoms with Crippen molar-refractivity contribution in [1.29, 1.82) is 0 Å². The number of hydroxylamine groups is 1. The van der Waals surface area contributed by atoms with Crippen LogP contribution in [-0.2, 0) is 9.63 Å². The van der Waals surface area contributed by atoms with E-state index in [1.165, 1.54) is 0 Å². The maximum Gasteiger partial charge on any atom is 0.408 e. The Morgan fingerprint density at radius 1 is 0.955 bits per heavy atom. The summed E-state index contributed by atoms with van der Waals surface area (Å²) in [6.45, 7) is 0.687. The molecule has 2 rings (SSSR count). The van der Waals surface area contributed by atoms with Crippen molar-refractivity contribution in [2.45, 2.75) is 6.29 Å². The van der Waals surface area contributed by atoms with Gasteiger partial charge in [-0.15, -0.1) is 0 Å². The normalized spacial score (nSPS) is 10.3. The lowest BCUT2D eigenvalue weighted by atomic mass is 10.3. The molecular weight excluding hydrogens is 284 g/mol. The standard InChI is InChI=1S/C16H18N2O4/c17-11-12-18-22-15(19)16(20-13-7-3-1-4-8-13)21-14-9-5-2-6-10-14/h1-10,16,18H,11-12,17H2. The van der Waals surface area contributed by atoms with E-state index in [2.05, 4.69) is 5.48 Å². The molecule has 0 saturated carbocycles. The molecular formula is C16H18N2O4. The molecule has 0 aliphatic carbocycles. The van der Waals surface area contributed by atoms with E-state index in [9.17, 15) is 4.79 Å². The minimum Gasteiger partial charge on any atom is -0.445 e. The summed E-state index contributed by atoms with van der Waals surface area (Å²) in [4.78, 5) is 16.9. The molecule has 2 aromatic rings. The monoisotopic (exact) mass is 302 g/mol. The van der Waals surface area contributed by atoms with Crippen LogP contribution in [0.4, 0.5) is 0 Å². The second kappa shape index (κ2) is 8.66. The Bertz CT molecular complexity index is 521. The van der Waals surface area contributed by atoms with E-state index in [-0.39, 0.29) is 0 Å². The Labute approximate surface area is 128 Å². The molecule has 2 aromatic carbocycles. The molecule has 0 spiro atoms. The van der Waals surface area contributed by atoms with Crippen LogP contribution < -0.4 is 20.7 Å². The van der Waals surface area contributed by atoms with Crippen LogP contribution in [0.25, 0.3) is 0 Å². The van der Waals surface area contributed by atoms with Crippen LogP contribution in [-0.4, -0.2) is 25.3 Å². The van der Waals surface area contributed by atoms with Crippen molar-refractivity contribution in [3.05, 3.63) is 60.7 Å². The van der Waals surface area contributed by atoms with Gasteiger partial charge in [0, 0.05) is 13.1 Å². The first kappa shape index (κ1) is 15.8. The lowest BCUT2D eigenvalue weighted by Crippen LogP contribution is -2.39. The zero-order valence-electron chi connectivity index (χ0n) is 12.0. The average molecular weight is 302 g/mol. The summed E-state index contributed by atoms with van der Waals surface area (Å²) >= 11 is 0. The van der Waals surface area contributed by atoms with Crippen molar-refractivity contribution in [3.8, 4) is 11.5 Å². The number of carbonyl (C=O) groups excluding carboxylic acids is 1. The van der Waals surface area contributed by atoms with Crippen molar-refractivity contribution >= 4 is 5.97 Å². The summed E-state index contributed by atoms with van der Waals surface area (Å²) in [5, 5.41) is 0. The fraction of sp³-hybridized carbons (Fsp3) is 0.188. The van der Waals surface area contributed by atoms with Crippen molar-refractivity contribution in [3.63, 3.8) is 0 Å². The molecule has 0 heterocycles. The van der Waals surface area contributed by atoms with Gasteiger partial charge in [-0.3, -0.25) is 0 Å². The van der Waals surface area contributed by atoms with E-state index in [0.29, 0.717) is 24.6 Å². The number of nitrogens with two attached hydrogens (primary N) is 1. The van der Waals surface area contributed by atoms with Crippen LogP contribution in [0.15, 0.2) is 60.7 Å². The predicted molar refractivity (Wildman–Crippen MR) is 81.1 cm³/mol. The Kier molecular flexibility index (Phi) is 6.22. The first-order valence-electron chi connectivity index (χ1n) is 6.86. The zero-order valence-corrected chi connectivity index (χ0v) is 12.0. The van der Waals surface area contributed by atoms with Gasteiger partial charge in [-0.05, 0) is 24.3 Å². The second-order valence-corrected chi connectivity index (χ2v) is 4.30. The summed E-state index contributed by atoms with van der Waals surface area (Å²) in [7, 11) is 0. The smallest absolute Gasteiger partial charge is 0.408 e. The van der Waals surface area contributed by atoms with Crippen LogP contribution in [0.5, 0.6) is 11.5 Å². The molecule has 0 amide bonds. The molecule has 0 atom stereocenters. The van der Waals surface area contributed by atoms with Gasteiger partial charge >= 0.3 is 12.3 Å². The average Bonchev–Trinajstić information content (AvgIpc) is 2.56. The molecule has 0 fully saturated rings. The summed E-state index contributed by atoms with van der Waals surface area (Å²) < 4.78 is 11.1. The lowest BCUT2D eigenvalue weighted by molar-refractivity contribution is -0.173. The number of rotatable bonds is 8. The Balaban J connectivity index is 2.04. The molecule has 0 aliphatic heterocycles. The molecule has 116 valence electrons. The largest absolute Gasteiger partial charge is 0.445 e. The van der Waals surface area contributed by atoms with Crippen LogP contribution >= 0.6 is 0 Å². The van der Waals surface area contributed by atoms with Gasteiger partial charge < -0.3 is 20.0 Å². The van der Waals surface area contributed by atoms with Crippen molar-refractivity contribution in [1.82, 2.24) is 5.48 Å². The zero-order chi connectivity index (χ0) is 15.6. The fourth-order valence-corrected chi connectivity index (χ4v) is 1.59. The van der Waals surface area contributed by atoms with Gasteiger partial charge in [-0.25, -0.2) is 4.79 Å². The van der Waals surface area contributed by atoms with Crippen molar-refractivity contribution in [2.75, 3.05) is 13.1 Å². The predicted octanol–water partition coefficient (Wildman–Crippen LogP) is 1.48. The van der Waals surface area contributed by atoms with Crippen LogP contribution in [0.2, 0.25) is 0 Å². The quantitative estimate of drug-likeness (QED) is 0.436. The number of benzene rings is 2. The highest BCUT2D eigenvalue weighted by Gasteiger charge is 2.25. The van der Waals surface area contributed by atoms with Gasteiger partial charge in [0.1, 0.15) is 11.5 Å². The van der Waals surface area contributed by atoms with E-state index in [4.69, 9.17) is 20.0 Å². The van der Waals surface area contributed by atoms with E-state index in [1.807, 2.05) is 12.1 Å². The first-order valence-corrected chi connectivity index (χ1v) is 6.86. The molecule has 0 aliphatic rings. The summed E-state index contributed by atoms with van der Waals surface area (Å²) in [5.41, 5.74) is 7.77. The number of ether oxygens (including phenoxy) is 2. The lowest BCUT2D eigenvalue weighted by Gasteiger charge is -2.18. The van der Waals surface area contributed by atoms with E-state index < -0.39 is 12.3 Å². The fourth-order valence-electron chi connectivity index (χ4n) is 1.59. The molecule has 0 radical (unpaired) electrons. The molecule has 6 heteroatoms. The Hall–Kier alpha value is -2.57. The number of nitrogens with one attached hydrogen (secondary N) is 1. The first-order chi connectivity index (χ1) is 10.8. The van der Waals surface area contributed by atoms with E-state index in [1.54, 1.807) is 48.5 Å². The van der Waals surface area contributed by atoms with Crippen LogP contribution in [0.3, 0.4) is 0 Å². The Morgan fingerprint density at radius 3 is 1.91 bits per heavy atom. The third-order valence-electron chi connectivity index (χ3n) is 2.58. The number of hydrogen-bond donors (Lipinski definition) is 2. The molecule has 0 saturated heterocycles. The van der Waals surface area contributed by atoms with Gasteiger partial charge in [-0.2, -0.15) is 5.48 Å². The maximum atomic E-state index is 12.1. The van der Waals surface area contributed by atoms with Gasteiger partial charge in [0.15, 0.2) is 0 Å². The summed E-state index contributed by atoms with van der Waals surface area (Å²) in [5.74, 6) is 0.305. The number of para-hydroxylation sites is 2. The van der Waals surface area contributed by atoms with Crippen molar-refractivity contribution in [2.24, 2.45) is 5.73 Å². The van der Waals surface area contributed by atoms with Crippen LogP contribution in [0, 0.1) is 0 Å².